The van der Waals surface area contributed by atoms with Crippen LogP contribution in [-0.4, -0.2) is 57.2 Å². The van der Waals surface area contributed by atoms with E-state index in [1.165, 1.54) is 50.6 Å². The number of nitrogens with zero attached hydrogens (tertiary/aromatic N) is 4. The van der Waals surface area contributed by atoms with Gasteiger partial charge >= 0.3 is 0 Å². The first-order chi connectivity index (χ1) is 26.0. The molecular weight excluding hydrogens is 684 g/mol. The Balaban J connectivity index is 0.814. The van der Waals surface area contributed by atoms with E-state index in [9.17, 15) is 18.8 Å². The van der Waals surface area contributed by atoms with Gasteiger partial charge in [-0.2, -0.15) is 5.10 Å². The van der Waals surface area contributed by atoms with Gasteiger partial charge in [0.1, 0.15) is 30.3 Å². The second-order valence-electron chi connectivity index (χ2n) is 17.5. The van der Waals surface area contributed by atoms with Crippen LogP contribution >= 0.6 is 0 Å². The fraction of sp³-hybridized carbons (Fsp3) is 0.581. The number of nitrogens with one attached hydrogen (secondary N) is 2. The van der Waals surface area contributed by atoms with Gasteiger partial charge in [-0.3, -0.25) is 24.1 Å². The Morgan fingerprint density at radius 3 is 2.65 bits per heavy atom. The van der Waals surface area contributed by atoms with Crippen LogP contribution in [-0.2, 0) is 21.4 Å². The van der Waals surface area contributed by atoms with Crippen LogP contribution in [0.2, 0.25) is 0 Å². The van der Waals surface area contributed by atoms with Gasteiger partial charge in [-0.25, -0.2) is 9.37 Å². The first-order valence-corrected chi connectivity index (χ1v) is 20.1. The largest absolute Gasteiger partial charge is 0.378 e. The number of amides is 1. The van der Waals surface area contributed by atoms with Crippen molar-refractivity contribution in [1.29, 1.82) is 0 Å². The molecule has 284 valence electrons. The number of hydrogen-bond acceptors (Lipinski definition) is 8. The van der Waals surface area contributed by atoms with Crippen molar-refractivity contribution in [2.24, 2.45) is 46.5 Å². The van der Waals surface area contributed by atoms with Crippen LogP contribution in [0.4, 0.5) is 15.8 Å². The normalized spacial score (nSPS) is 33.9. The number of hydrogen-bond donors (Lipinski definition) is 2. The smallest absolute Gasteiger partial charge is 0.224 e. The molecule has 9 atom stereocenters. The van der Waals surface area contributed by atoms with E-state index in [2.05, 4.69) is 39.6 Å². The highest BCUT2D eigenvalue weighted by atomic mass is 19.1. The van der Waals surface area contributed by atoms with Gasteiger partial charge in [-0.05, 0) is 116 Å². The van der Waals surface area contributed by atoms with Gasteiger partial charge in [0.15, 0.2) is 5.78 Å². The van der Waals surface area contributed by atoms with E-state index in [-0.39, 0.29) is 41.7 Å². The SMILES string of the molecule is Cn1ncnc1[C@H]1C2=NCC(=O)c3cc(F)cc(c32)N[C@@H]1c1ccc(NC(=O)CCCOC2CC[C@H]3[C@@H]4CC[C@H]5CC(=O)CC[C@]5(C)[C@H]4CC[C@]23C)cc1. The van der Waals surface area contributed by atoms with Crippen LogP contribution in [0.15, 0.2) is 47.7 Å². The van der Waals surface area contributed by atoms with Gasteiger partial charge in [0.05, 0.1) is 23.8 Å². The third-order valence-corrected chi connectivity index (χ3v) is 14.8. The fourth-order valence-electron chi connectivity index (χ4n) is 12.1. The third kappa shape index (κ3) is 5.83. The lowest BCUT2D eigenvalue weighted by Gasteiger charge is -2.60. The molecule has 54 heavy (non-hydrogen) atoms. The molecule has 0 saturated heterocycles. The number of aromatic nitrogens is 3. The summed E-state index contributed by atoms with van der Waals surface area (Å²) >= 11 is 0. The number of aryl methyl sites for hydroxylation is 1. The van der Waals surface area contributed by atoms with Crippen molar-refractivity contribution in [3.05, 3.63) is 71.1 Å². The quantitative estimate of drug-likeness (QED) is 0.228. The van der Waals surface area contributed by atoms with Crippen LogP contribution in [0.1, 0.15) is 124 Å². The average Bonchev–Trinajstić information content (AvgIpc) is 3.73. The third-order valence-electron chi connectivity index (χ3n) is 14.8. The van der Waals surface area contributed by atoms with Crippen molar-refractivity contribution in [2.75, 3.05) is 23.8 Å². The summed E-state index contributed by atoms with van der Waals surface area (Å²) in [6.07, 6.45) is 12.7. The minimum absolute atomic E-state index is 0.0472. The second-order valence-corrected chi connectivity index (χ2v) is 17.5. The molecule has 2 aromatic carbocycles. The van der Waals surface area contributed by atoms with Crippen molar-refractivity contribution in [1.82, 2.24) is 14.8 Å². The number of fused-ring (bicyclic) bond motifs is 5. The zero-order valence-electron chi connectivity index (χ0n) is 31.6. The summed E-state index contributed by atoms with van der Waals surface area (Å²) in [5, 5.41) is 10.8. The number of rotatable bonds is 8. The molecule has 1 amide bonds. The monoisotopic (exact) mass is 734 g/mol. The zero-order valence-corrected chi connectivity index (χ0v) is 31.6. The number of ketones is 2. The molecule has 9 rings (SSSR count). The maximum atomic E-state index is 14.7. The minimum Gasteiger partial charge on any atom is -0.378 e. The summed E-state index contributed by atoms with van der Waals surface area (Å²) in [6, 6.07) is 10.00. The van der Waals surface area contributed by atoms with Crippen molar-refractivity contribution in [3.63, 3.8) is 0 Å². The summed E-state index contributed by atoms with van der Waals surface area (Å²) in [5.74, 6) is 2.78. The Morgan fingerprint density at radius 2 is 1.85 bits per heavy atom. The van der Waals surface area contributed by atoms with E-state index in [0.29, 0.717) is 76.5 Å². The number of carbonyl (C=O) groups excluding carboxylic acids is 3. The van der Waals surface area contributed by atoms with E-state index < -0.39 is 5.82 Å². The molecule has 4 saturated carbocycles. The molecule has 1 aromatic heterocycles. The molecule has 0 bridgehead atoms. The molecule has 0 spiro atoms. The summed E-state index contributed by atoms with van der Waals surface area (Å²) < 4.78 is 23.0. The summed E-state index contributed by atoms with van der Waals surface area (Å²) in [6.45, 7) is 5.50. The van der Waals surface area contributed by atoms with Gasteiger partial charge in [-0.15, -0.1) is 0 Å². The van der Waals surface area contributed by atoms with Gasteiger partial charge < -0.3 is 15.4 Å². The van der Waals surface area contributed by atoms with Gasteiger partial charge in [0.2, 0.25) is 5.91 Å². The van der Waals surface area contributed by atoms with E-state index in [1.54, 1.807) is 4.68 Å². The van der Waals surface area contributed by atoms with E-state index >= 15 is 0 Å². The molecule has 4 aliphatic carbocycles. The molecule has 1 unspecified atom stereocenters. The first kappa shape index (κ1) is 35.5. The molecule has 0 radical (unpaired) electrons. The van der Waals surface area contributed by atoms with Crippen molar-refractivity contribution >= 4 is 34.6 Å². The highest BCUT2D eigenvalue weighted by Gasteiger charge is 2.60. The lowest BCUT2D eigenvalue weighted by molar-refractivity contribution is -0.145. The fourth-order valence-corrected chi connectivity index (χ4v) is 12.1. The van der Waals surface area contributed by atoms with Crippen LogP contribution in [0.25, 0.3) is 0 Å². The number of anilines is 2. The molecule has 4 fully saturated rings. The van der Waals surface area contributed by atoms with E-state index in [1.807, 2.05) is 31.3 Å². The maximum Gasteiger partial charge on any atom is 0.224 e. The maximum absolute atomic E-state index is 14.7. The highest BCUT2D eigenvalue weighted by molar-refractivity contribution is 6.21. The minimum atomic E-state index is -0.481. The number of Topliss-reactive ketones (excluding diaryl/α,β-unsaturated/α-hetero) is 2. The van der Waals surface area contributed by atoms with Crippen LogP contribution in [0, 0.1) is 40.3 Å². The van der Waals surface area contributed by atoms with Crippen LogP contribution < -0.4 is 10.6 Å². The van der Waals surface area contributed by atoms with E-state index in [0.717, 1.165) is 43.1 Å². The summed E-state index contributed by atoms with van der Waals surface area (Å²) in [5.41, 5.74) is 4.27. The highest BCUT2D eigenvalue weighted by Crippen LogP contribution is 2.66. The molecular formula is C43H51FN6O4. The van der Waals surface area contributed by atoms with Gasteiger partial charge in [-0.1, -0.05) is 26.0 Å². The van der Waals surface area contributed by atoms with Crippen molar-refractivity contribution in [3.8, 4) is 0 Å². The van der Waals surface area contributed by atoms with Crippen molar-refractivity contribution in [2.45, 2.75) is 103 Å². The van der Waals surface area contributed by atoms with E-state index in [4.69, 9.17) is 4.74 Å². The zero-order chi connectivity index (χ0) is 37.4. The predicted molar refractivity (Wildman–Crippen MR) is 203 cm³/mol. The lowest BCUT2D eigenvalue weighted by Crippen LogP contribution is -2.54. The van der Waals surface area contributed by atoms with Crippen molar-refractivity contribution < 1.29 is 23.5 Å². The number of carbonyl (C=O) groups is 3. The van der Waals surface area contributed by atoms with Crippen LogP contribution in [0.3, 0.4) is 0 Å². The topological polar surface area (TPSA) is 128 Å². The van der Waals surface area contributed by atoms with Gasteiger partial charge in [0, 0.05) is 55.4 Å². The second kappa shape index (κ2) is 13.5. The van der Waals surface area contributed by atoms with Crippen LogP contribution in [0.5, 0.6) is 0 Å². The Morgan fingerprint density at radius 1 is 1.04 bits per heavy atom. The average molecular weight is 735 g/mol. The standard InChI is InChI=1S/C43H51FN6O4/c1-42-16-14-28(51)19-25(42)8-11-29-31-12-13-35(43(31,2)17-15-32(29)42)54-18-4-5-36(53)48-27-9-6-24(7-10-27)39-38(41-46-23-47-50(41)3)40-37-30(34(52)22-45-40)20-26(44)21-33(37)49-39/h6-7,9-10,20-21,23,25,29,31-32,35,38-39,49H,4-5,8,11-19,22H2,1-3H3,(H,48,53)/t25-,29-,31-,32-,35?,38+,39+,42-,43-/m0/s1. The number of halogens is 1. The Kier molecular flexibility index (Phi) is 8.86. The number of ether oxygens (including phenoxy) is 1. The molecule has 10 nitrogen and oxygen atoms in total. The summed E-state index contributed by atoms with van der Waals surface area (Å²) in [7, 11) is 1.82. The Bertz CT molecular complexity index is 2030. The molecule has 3 heterocycles. The molecule has 6 aliphatic rings. The van der Waals surface area contributed by atoms with Gasteiger partial charge in [0.25, 0.3) is 0 Å². The summed E-state index contributed by atoms with van der Waals surface area (Å²) in [4.78, 5) is 47.3. The number of aliphatic imine (C=N–C) groups is 1. The molecule has 11 heteroatoms. The first-order valence-electron chi connectivity index (χ1n) is 20.1. The Hall–Kier alpha value is -4.25. The number of benzene rings is 2. The Labute approximate surface area is 316 Å². The molecule has 2 N–H and O–H groups in total. The predicted octanol–water partition coefficient (Wildman–Crippen LogP) is 7.61. The lowest BCUT2D eigenvalue weighted by atomic mass is 9.45. The molecule has 3 aromatic rings. The molecule has 2 aliphatic heterocycles.